The molecule has 0 saturated heterocycles. The third-order valence-corrected chi connectivity index (χ3v) is 1.94. The van der Waals surface area contributed by atoms with Gasteiger partial charge in [-0.3, -0.25) is 4.79 Å². The van der Waals surface area contributed by atoms with E-state index in [0.29, 0.717) is 13.0 Å². The minimum Gasteiger partial charge on any atom is -0.466 e. The maximum atomic E-state index is 10.9. The van der Waals surface area contributed by atoms with Crippen molar-refractivity contribution in [2.75, 3.05) is 6.61 Å². The third-order valence-electron chi connectivity index (χ3n) is 1.94. The van der Waals surface area contributed by atoms with Gasteiger partial charge in [0.2, 0.25) is 0 Å². The fraction of sp³-hybridized carbons (Fsp3) is 0.750. The average molecular weight is 198 g/mol. The molecule has 0 spiro atoms. The highest BCUT2D eigenvalue weighted by Gasteiger charge is 1.99. The van der Waals surface area contributed by atoms with E-state index in [0.717, 1.165) is 19.3 Å². The third kappa shape index (κ3) is 9.30. The number of carbonyl (C=O) groups excluding carboxylic acids is 1. The topological polar surface area (TPSA) is 26.3 Å². The number of esters is 1. The lowest BCUT2D eigenvalue weighted by Crippen LogP contribution is -2.02. The van der Waals surface area contributed by atoms with Crippen molar-refractivity contribution in [2.24, 2.45) is 0 Å². The first-order valence-electron chi connectivity index (χ1n) is 5.45. The Bertz CT molecular complexity index is 179. The second-order valence-electron chi connectivity index (χ2n) is 3.69. The number of rotatable bonds is 7. The summed E-state index contributed by atoms with van der Waals surface area (Å²) in [6.07, 6.45) is 7.18. The molecule has 2 heteroatoms. The molecule has 14 heavy (non-hydrogen) atoms. The fourth-order valence-corrected chi connectivity index (χ4v) is 1.21. The lowest BCUT2D eigenvalue weighted by Gasteiger charge is -2.00. The molecule has 0 aromatic carbocycles. The Morgan fingerprint density at radius 2 is 1.93 bits per heavy atom. The van der Waals surface area contributed by atoms with E-state index in [9.17, 15) is 4.79 Å². The van der Waals surface area contributed by atoms with Gasteiger partial charge in [-0.15, -0.1) is 0 Å². The second kappa shape index (κ2) is 8.79. The maximum Gasteiger partial charge on any atom is 0.305 e. The predicted octanol–water partition coefficient (Wildman–Crippen LogP) is 3.47. The van der Waals surface area contributed by atoms with Crippen molar-refractivity contribution in [2.45, 2.75) is 52.9 Å². The first-order chi connectivity index (χ1) is 6.66. The van der Waals surface area contributed by atoms with E-state index in [1.807, 2.05) is 6.92 Å². The maximum absolute atomic E-state index is 10.9. The zero-order valence-electron chi connectivity index (χ0n) is 9.64. The zero-order chi connectivity index (χ0) is 10.8. The fourth-order valence-electron chi connectivity index (χ4n) is 1.21. The van der Waals surface area contributed by atoms with Crippen LogP contribution in [0.3, 0.4) is 0 Å². The van der Waals surface area contributed by atoms with Crippen LogP contribution >= 0.6 is 0 Å². The minimum atomic E-state index is -0.0604. The van der Waals surface area contributed by atoms with E-state index in [1.54, 1.807) is 0 Å². The molecule has 0 radical (unpaired) electrons. The number of hydrogen-bond acceptors (Lipinski definition) is 2. The van der Waals surface area contributed by atoms with Crippen LogP contribution in [0.4, 0.5) is 0 Å². The molecule has 0 amide bonds. The van der Waals surface area contributed by atoms with Gasteiger partial charge in [0.05, 0.1) is 6.61 Å². The number of allylic oxidation sites excluding steroid dienone is 2. The molecule has 0 fully saturated rings. The Labute approximate surface area is 87.3 Å². The largest absolute Gasteiger partial charge is 0.466 e. The molecule has 0 aromatic heterocycles. The molecule has 0 N–H and O–H groups in total. The van der Waals surface area contributed by atoms with Crippen LogP contribution in [0.2, 0.25) is 0 Å². The van der Waals surface area contributed by atoms with E-state index in [1.165, 1.54) is 12.0 Å². The predicted molar refractivity (Wildman–Crippen MR) is 59.1 cm³/mol. The molecule has 0 saturated carbocycles. The first kappa shape index (κ1) is 13.2. The Hall–Kier alpha value is -0.790. The Morgan fingerprint density at radius 1 is 1.21 bits per heavy atom. The standard InChI is InChI=1S/C12H22O2/c1-4-14-12(13)10-8-6-5-7-9-11(2)3/h9H,4-8,10H2,1-3H3. The van der Waals surface area contributed by atoms with E-state index in [-0.39, 0.29) is 5.97 Å². The molecule has 0 aliphatic heterocycles. The molecule has 0 bridgehead atoms. The Kier molecular flexibility index (Phi) is 8.30. The van der Waals surface area contributed by atoms with Crippen LogP contribution < -0.4 is 0 Å². The van der Waals surface area contributed by atoms with Crippen LogP contribution in [-0.2, 0) is 9.53 Å². The summed E-state index contributed by atoms with van der Waals surface area (Å²) in [5, 5.41) is 0. The van der Waals surface area contributed by atoms with Crippen LogP contribution in [0.5, 0.6) is 0 Å². The second-order valence-corrected chi connectivity index (χ2v) is 3.69. The SMILES string of the molecule is CCOC(=O)CCCCCC=C(C)C. The summed E-state index contributed by atoms with van der Waals surface area (Å²) < 4.78 is 4.84. The monoisotopic (exact) mass is 198 g/mol. The van der Waals surface area contributed by atoms with Crippen LogP contribution in [0.15, 0.2) is 11.6 Å². The van der Waals surface area contributed by atoms with Gasteiger partial charge in [-0.2, -0.15) is 0 Å². The summed E-state index contributed by atoms with van der Waals surface area (Å²) in [6.45, 7) is 6.56. The highest BCUT2D eigenvalue weighted by Crippen LogP contribution is 2.06. The number of ether oxygens (including phenoxy) is 1. The van der Waals surface area contributed by atoms with Crippen LogP contribution in [-0.4, -0.2) is 12.6 Å². The molecule has 0 aliphatic rings. The van der Waals surface area contributed by atoms with Crippen LogP contribution in [0.25, 0.3) is 0 Å². The Balaban J connectivity index is 3.21. The highest BCUT2D eigenvalue weighted by molar-refractivity contribution is 5.69. The zero-order valence-corrected chi connectivity index (χ0v) is 9.64. The number of carbonyl (C=O) groups is 1. The molecule has 2 nitrogen and oxygen atoms in total. The quantitative estimate of drug-likeness (QED) is 0.356. The summed E-state index contributed by atoms with van der Waals surface area (Å²) in [5.74, 6) is -0.0604. The van der Waals surface area contributed by atoms with E-state index in [2.05, 4.69) is 19.9 Å². The molecule has 0 aromatic rings. The Morgan fingerprint density at radius 3 is 2.50 bits per heavy atom. The van der Waals surface area contributed by atoms with E-state index >= 15 is 0 Å². The van der Waals surface area contributed by atoms with Crippen molar-refractivity contribution in [3.63, 3.8) is 0 Å². The van der Waals surface area contributed by atoms with Gasteiger partial charge in [-0.1, -0.05) is 18.1 Å². The van der Waals surface area contributed by atoms with Crippen molar-refractivity contribution in [3.05, 3.63) is 11.6 Å². The van der Waals surface area contributed by atoms with Gasteiger partial charge in [0.15, 0.2) is 0 Å². The normalized spacial score (nSPS) is 9.64. The van der Waals surface area contributed by atoms with Crippen LogP contribution in [0.1, 0.15) is 52.9 Å². The lowest BCUT2D eigenvalue weighted by atomic mass is 10.1. The van der Waals surface area contributed by atoms with Crippen LogP contribution in [0, 0.1) is 0 Å². The van der Waals surface area contributed by atoms with Gasteiger partial charge in [0.25, 0.3) is 0 Å². The van der Waals surface area contributed by atoms with Crippen molar-refractivity contribution < 1.29 is 9.53 Å². The van der Waals surface area contributed by atoms with Gasteiger partial charge >= 0.3 is 5.97 Å². The summed E-state index contributed by atoms with van der Waals surface area (Å²) >= 11 is 0. The van der Waals surface area contributed by atoms with E-state index in [4.69, 9.17) is 4.74 Å². The molecule has 0 aliphatic carbocycles. The smallest absolute Gasteiger partial charge is 0.305 e. The average Bonchev–Trinajstić information content (AvgIpc) is 2.11. The lowest BCUT2D eigenvalue weighted by molar-refractivity contribution is -0.143. The van der Waals surface area contributed by atoms with Gasteiger partial charge in [0, 0.05) is 6.42 Å². The molecule has 0 atom stereocenters. The molecular weight excluding hydrogens is 176 g/mol. The summed E-state index contributed by atoms with van der Waals surface area (Å²) in [4.78, 5) is 10.9. The van der Waals surface area contributed by atoms with Gasteiger partial charge in [-0.05, 0) is 40.0 Å². The van der Waals surface area contributed by atoms with Gasteiger partial charge in [-0.25, -0.2) is 0 Å². The van der Waals surface area contributed by atoms with Crippen molar-refractivity contribution in [3.8, 4) is 0 Å². The van der Waals surface area contributed by atoms with Gasteiger partial charge < -0.3 is 4.74 Å². The molecular formula is C12H22O2. The molecule has 82 valence electrons. The molecule has 0 rings (SSSR count). The van der Waals surface area contributed by atoms with Crippen molar-refractivity contribution in [1.29, 1.82) is 0 Å². The summed E-state index contributed by atoms with van der Waals surface area (Å²) in [5.41, 5.74) is 1.37. The van der Waals surface area contributed by atoms with Crippen molar-refractivity contribution in [1.82, 2.24) is 0 Å². The molecule has 0 heterocycles. The molecule has 0 unspecified atom stereocenters. The van der Waals surface area contributed by atoms with E-state index < -0.39 is 0 Å². The van der Waals surface area contributed by atoms with Gasteiger partial charge in [0.1, 0.15) is 0 Å². The number of unbranched alkanes of at least 4 members (excludes halogenated alkanes) is 3. The van der Waals surface area contributed by atoms with Crippen molar-refractivity contribution >= 4 is 5.97 Å². The summed E-state index contributed by atoms with van der Waals surface area (Å²) in [6, 6.07) is 0. The highest BCUT2D eigenvalue weighted by atomic mass is 16.5. The summed E-state index contributed by atoms with van der Waals surface area (Å²) in [7, 11) is 0. The number of hydrogen-bond donors (Lipinski definition) is 0. The first-order valence-corrected chi connectivity index (χ1v) is 5.45. The minimum absolute atomic E-state index is 0.0604.